The van der Waals surface area contributed by atoms with Crippen molar-refractivity contribution in [3.8, 4) is 0 Å². The van der Waals surface area contributed by atoms with Crippen molar-refractivity contribution in [2.75, 3.05) is 19.0 Å². The van der Waals surface area contributed by atoms with E-state index in [9.17, 15) is 23.1 Å². The summed E-state index contributed by atoms with van der Waals surface area (Å²) in [7, 11) is 4.05. The van der Waals surface area contributed by atoms with Gasteiger partial charge in [0.25, 0.3) is 0 Å². The quantitative estimate of drug-likeness (QED) is 0.172. The first-order valence-electron chi connectivity index (χ1n) is 11.8. The van der Waals surface area contributed by atoms with E-state index in [1.807, 2.05) is 55.1 Å². The third-order valence-electron chi connectivity index (χ3n) is 5.54. The molecule has 1 heterocycles. The van der Waals surface area contributed by atoms with Crippen molar-refractivity contribution < 1.29 is 33.0 Å². The molecule has 0 unspecified atom stereocenters. The van der Waals surface area contributed by atoms with E-state index in [0.717, 1.165) is 16.5 Å². The topological polar surface area (TPSA) is 159 Å². The number of fused-ring (bicyclic) bond motifs is 1. The van der Waals surface area contributed by atoms with Crippen molar-refractivity contribution in [1.29, 1.82) is 5.41 Å². The van der Waals surface area contributed by atoms with Crippen LogP contribution in [0.1, 0.15) is 27.0 Å². The maximum absolute atomic E-state index is 11.4. The third-order valence-corrected chi connectivity index (χ3v) is 5.54. The molecule has 7 N–H and O–H groups in total. The molecule has 212 valence electrons. The highest BCUT2D eigenvalue weighted by atomic mass is 19.4. The first kappa shape index (κ1) is 31.4. The Morgan fingerprint density at radius 1 is 0.950 bits per heavy atom. The molecule has 0 aliphatic rings. The van der Waals surface area contributed by atoms with Gasteiger partial charge in [0.05, 0.1) is 5.56 Å². The molecule has 0 spiro atoms. The van der Waals surface area contributed by atoms with Gasteiger partial charge in [-0.2, -0.15) is 13.2 Å². The summed E-state index contributed by atoms with van der Waals surface area (Å²) in [4.78, 5) is 22.3. The van der Waals surface area contributed by atoms with E-state index < -0.39 is 18.1 Å². The molecule has 0 saturated heterocycles. The summed E-state index contributed by atoms with van der Waals surface area (Å²) in [6.45, 7) is 1.14. The van der Waals surface area contributed by atoms with Crippen LogP contribution >= 0.6 is 0 Å². The lowest BCUT2D eigenvalue weighted by atomic mass is 10.1. The van der Waals surface area contributed by atoms with Crippen molar-refractivity contribution in [3.63, 3.8) is 0 Å². The maximum atomic E-state index is 11.4. The highest BCUT2D eigenvalue weighted by molar-refractivity contribution is 6.03. The van der Waals surface area contributed by atoms with Gasteiger partial charge in [-0.15, -0.1) is 0 Å². The first-order chi connectivity index (χ1) is 18.7. The maximum Gasteiger partial charge on any atom is 0.490 e. The highest BCUT2D eigenvalue weighted by Crippen LogP contribution is 2.22. The van der Waals surface area contributed by atoms with Crippen LogP contribution in [0.25, 0.3) is 10.9 Å². The van der Waals surface area contributed by atoms with Crippen LogP contribution in [0.15, 0.2) is 79.0 Å². The number of anilines is 1. The molecule has 0 atom stereocenters. The molecule has 0 amide bonds. The van der Waals surface area contributed by atoms with Crippen LogP contribution in [0, 0.1) is 5.41 Å². The lowest BCUT2D eigenvalue weighted by Gasteiger charge is -2.11. The van der Waals surface area contributed by atoms with E-state index in [-0.39, 0.29) is 5.84 Å². The first-order valence-corrected chi connectivity index (χ1v) is 11.8. The van der Waals surface area contributed by atoms with Gasteiger partial charge in [-0.1, -0.05) is 48.5 Å². The fourth-order valence-electron chi connectivity index (χ4n) is 3.51. The van der Waals surface area contributed by atoms with Gasteiger partial charge in [0.15, 0.2) is 0 Å². The van der Waals surface area contributed by atoms with Crippen molar-refractivity contribution >= 4 is 34.4 Å². The predicted molar refractivity (Wildman–Crippen MR) is 148 cm³/mol. The number of hydrogen-bond donors (Lipinski definition) is 5. The summed E-state index contributed by atoms with van der Waals surface area (Å²) in [6.07, 6.45) is -3.44. The number of halogens is 3. The van der Waals surface area contributed by atoms with Crippen LogP contribution in [0.3, 0.4) is 0 Å². The largest absolute Gasteiger partial charge is 0.490 e. The second-order valence-electron chi connectivity index (χ2n) is 8.67. The van der Waals surface area contributed by atoms with Crippen LogP contribution in [-0.4, -0.2) is 52.8 Å². The van der Waals surface area contributed by atoms with Crippen molar-refractivity contribution in [3.05, 3.63) is 101 Å². The van der Waals surface area contributed by atoms with Gasteiger partial charge >= 0.3 is 18.1 Å². The van der Waals surface area contributed by atoms with E-state index in [2.05, 4.69) is 29.2 Å². The number of nitrogen functional groups attached to an aromatic ring is 1. The zero-order chi connectivity index (χ0) is 30.0. The molecule has 4 rings (SSSR count). The Morgan fingerprint density at radius 3 is 2.05 bits per heavy atom. The van der Waals surface area contributed by atoms with E-state index in [1.54, 1.807) is 18.3 Å². The van der Waals surface area contributed by atoms with E-state index in [1.165, 1.54) is 11.3 Å². The number of carboxylic acids is 2. The van der Waals surface area contributed by atoms with Crippen LogP contribution < -0.4 is 16.4 Å². The number of aliphatic carboxylic acids is 1. The summed E-state index contributed by atoms with van der Waals surface area (Å²) in [6, 6.07) is 23.1. The molecule has 0 fully saturated rings. The van der Waals surface area contributed by atoms with E-state index in [0.29, 0.717) is 24.2 Å². The smallest absolute Gasteiger partial charge is 0.478 e. The van der Waals surface area contributed by atoms with Crippen LogP contribution in [0.5, 0.6) is 0 Å². The number of hydrogen-bond acceptors (Lipinski definition) is 5. The van der Waals surface area contributed by atoms with Gasteiger partial charge in [-0.05, 0) is 35.4 Å². The lowest BCUT2D eigenvalue weighted by molar-refractivity contribution is -0.192. The number of nitrogens with one attached hydrogen (secondary N) is 1. The Hall–Kier alpha value is -4.84. The van der Waals surface area contributed by atoms with Gasteiger partial charge in [0.2, 0.25) is 0 Å². The Balaban J connectivity index is 0.000000259. The number of aromatic nitrogens is 1. The Bertz CT molecular complexity index is 1470. The monoisotopic (exact) mass is 557 g/mol. The number of carboxylic acid groups (broad SMARTS) is 2. The lowest BCUT2D eigenvalue weighted by Crippen LogP contribution is -2.21. The Kier molecular flexibility index (Phi) is 10.8. The average Bonchev–Trinajstić information content (AvgIpc) is 3.27. The van der Waals surface area contributed by atoms with Gasteiger partial charge in [0, 0.05) is 55.5 Å². The zero-order valence-corrected chi connectivity index (χ0v) is 21.8. The van der Waals surface area contributed by atoms with E-state index >= 15 is 0 Å². The fraction of sp³-hybridized carbons (Fsp3) is 0.179. The van der Waals surface area contributed by atoms with Crippen LogP contribution in [-0.2, 0) is 17.9 Å². The molecule has 1 aromatic heterocycles. The van der Waals surface area contributed by atoms with Crippen molar-refractivity contribution in [1.82, 2.24) is 4.57 Å². The van der Waals surface area contributed by atoms with Gasteiger partial charge in [-0.3, -0.25) is 5.41 Å². The predicted octanol–water partition coefficient (Wildman–Crippen LogP) is 4.52. The summed E-state index contributed by atoms with van der Waals surface area (Å²) in [5.74, 6) is -3.68. The minimum atomic E-state index is -5.08. The third kappa shape index (κ3) is 8.88. The number of rotatable bonds is 6. The van der Waals surface area contributed by atoms with Crippen LogP contribution in [0.2, 0.25) is 0 Å². The molecule has 9 nitrogen and oxygen atoms in total. The molecule has 0 saturated carbocycles. The Morgan fingerprint density at radius 2 is 1.55 bits per heavy atom. The number of amidine groups is 1. The van der Waals surface area contributed by atoms with Crippen molar-refractivity contribution in [2.45, 2.75) is 19.3 Å². The standard InChI is InChI=1S/C17H15N3O2.C9H14N2.C2HF3O2/c18-16(19)12-5-3-4-11(8-12)9-20-10-14(17(21)22)13-6-1-2-7-15(13)20;1-11(2)9-5-3-8(7-10)4-6-9;3-2(4,5)1(6)7/h1-8,10H,9H2,(H3,18,19)(H,21,22);3-6H,7,10H2,1-2H3;(H,6,7). The minimum Gasteiger partial charge on any atom is -0.478 e. The number of benzene rings is 3. The number of alkyl halides is 3. The number of carbonyl (C=O) groups is 2. The van der Waals surface area contributed by atoms with Gasteiger partial charge in [-0.25, -0.2) is 9.59 Å². The molecule has 3 aromatic carbocycles. The average molecular weight is 558 g/mol. The number of nitrogens with zero attached hydrogens (tertiary/aromatic N) is 2. The fourth-order valence-corrected chi connectivity index (χ4v) is 3.51. The molecule has 0 bridgehead atoms. The molecule has 0 aliphatic heterocycles. The zero-order valence-electron chi connectivity index (χ0n) is 21.8. The molecule has 0 aliphatic carbocycles. The second-order valence-corrected chi connectivity index (χ2v) is 8.67. The molecular formula is C28H30F3N5O4. The normalized spacial score (nSPS) is 10.6. The van der Waals surface area contributed by atoms with Crippen LogP contribution in [0.4, 0.5) is 18.9 Å². The van der Waals surface area contributed by atoms with E-state index in [4.69, 9.17) is 26.8 Å². The summed E-state index contributed by atoms with van der Waals surface area (Å²) < 4.78 is 33.6. The summed E-state index contributed by atoms with van der Waals surface area (Å²) in [5.41, 5.74) is 16.1. The SMILES string of the molecule is CN(C)c1ccc(CN)cc1.N=C(N)c1cccc(Cn2cc(C(=O)O)c3ccccc32)c1.O=C(O)C(F)(F)F. The summed E-state index contributed by atoms with van der Waals surface area (Å²) >= 11 is 0. The number of aromatic carboxylic acids is 1. The second kappa shape index (κ2) is 13.8. The number of para-hydroxylation sites is 1. The highest BCUT2D eigenvalue weighted by Gasteiger charge is 2.38. The van der Waals surface area contributed by atoms with Gasteiger partial charge < -0.3 is 31.1 Å². The number of nitrogens with two attached hydrogens (primary N) is 2. The molecular weight excluding hydrogens is 527 g/mol. The molecule has 40 heavy (non-hydrogen) atoms. The molecule has 12 heteroatoms. The van der Waals surface area contributed by atoms with Gasteiger partial charge in [0.1, 0.15) is 5.84 Å². The molecule has 0 radical (unpaired) electrons. The molecule has 4 aromatic rings. The summed E-state index contributed by atoms with van der Waals surface area (Å²) in [5, 5.41) is 24.7. The van der Waals surface area contributed by atoms with Crippen molar-refractivity contribution in [2.24, 2.45) is 11.5 Å². The minimum absolute atomic E-state index is 0.0189. The Labute approximate surface area is 228 Å².